The predicted octanol–water partition coefficient (Wildman–Crippen LogP) is 4.27. The van der Waals surface area contributed by atoms with Crippen LogP contribution >= 0.6 is 0 Å². The second kappa shape index (κ2) is 5.49. The zero-order valence-electron chi connectivity index (χ0n) is 13.0. The van der Waals surface area contributed by atoms with E-state index in [4.69, 9.17) is 0 Å². The molecule has 0 aromatic heterocycles. The van der Waals surface area contributed by atoms with Crippen molar-refractivity contribution in [3.8, 4) is 0 Å². The predicted molar refractivity (Wildman–Crippen MR) is 95.2 cm³/mol. The summed E-state index contributed by atoms with van der Waals surface area (Å²) < 4.78 is 0. The fourth-order valence-corrected chi connectivity index (χ4v) is 6.28. The van der Waals surface area contributed by atoms with Gasteiger partial charge >= 0.3 is 0 Å². The maximum absolute atomic E-state index is 2.48. The summed E-state index contributed by atoms with van der Waals surface area (Å²) in [6.07, 6.45) is 2.38. The third kappa shape index (κ3) is 2.79. The van der Waals surface area contributed by atoms with Crippen LogP contribution in [0.2, 0.25) is 0 Å². The first-order chi connectivity index (χ1) is 10.1. The number of allylic oxidation sites excluding steroid dienone is 2. The Morgan fingerprint density at radius 2 is 1.33 bits per heavy atom. The fourth-order valence-electron chi connectivity index (χ4n) is 3.09. The van der Waals surface area contributed by atoms with Crippen LogP contribution in [0.5, 0.6) is 0 Å². The minimum Gasteiger partial charge on any atom is -0.0885 e. The van der Waals surface area contributed by atoms with Gasteiger partial charge in [0.25, 0.3) is 0 Å². The van der Waals surface area contributed by atoms with Crippen molar-refractivity contribution < 1.29 is 0 Å². The Morgan fingerprint density at radius 3 is 1.90 bits per heavy atom. The van der Waals surface area contributed by atoms with E-state index in [0.717, 1.165) is 0 Å². The Bertz CT molecular complexity index is 673. The standard InChI is InChI=1S/C20H22Si/c1-20(2,3)18-14-15-21(17-12-8-5-9-13-17)19(18)16-10-6-4-7-11-16/h4-15,21H,1-3H3. The molecular formula is C20H22Si. The van der Waals surface area contributed by atoms with Gasteiger partial charge in [0.05, 0.1) is 0 Å². The summed E-state index contributed by atoms with van der Waals surface area (Å²) >= 11 is 0. The van der Waals surface area contributed by atoms with E-state index < -0.39 is 8.80 Å². The highest BCUT2D eigenvalue weighted by Gasteiger charge is 2.30. The molecule has 1 atom stereocenters. The quantitative estimate of drug-likeness (QED) is 0.725. The van der Waals surface area contributed by atoms with E-state index in [2.05, 4.69) is 93.2 Å². The summed E-state index contributed by atoms with van der Waals surface area (Å²) in [5, 5.41) is 3.10. The molecule has 0 aliphatic carbocycles. The summed E-state index contributed by atoms with van der Waals surface area (Å²) in [4.78, 5) is 0. The second-order valence-corrected chi connectivity index (χ2v) is 9.28. The first kappa shape index (κ1) is 14.1. The normalized spacial score (nSPS) is 18.3. The monoisotopic (exact) mass is 290 g/mol. The maximum Gasteiger partial charge on any atom is 0.126 e. The maximum atomic E-state index is 2.48. The Balaban J connectivity index is 2.15. The minimum atomic E-state index is -1.24. The van der Waals surface area contributed by atoms with Crippen molar-refractivity contribution in [1.82, 2.24) is 0 Å². The van der Waals surface area contributed by atoms with E-state index in [9.17, 15) is 0 Å². The lowest BCUT2D eigenvalue weighted by Gasteiger charge is -2.24. The summed E-state index contributed by atoms with van der Waals surface area (Å²) in [7, 11) is -1.24. The van der Waals surface area contributed by atoms with E-state index >= 15 is 0 Å². The Kier molecular flexibility index (Phi) is 3.69. The molecular weight excluding hydrogens is 268 g/mol. The number of rotatable bonds is 2. The molecule has 0 spiro atoms. The van der Waals surface area contributed by atoms with E-state index in [1.54, 1.807) is 5.20 Å². The zero-order valence-corrected chi connectivity index (χ0v) is 14.2. The largest absolute Gasteiger partial charge is 0.126 e. The van der Waals surface area contributed by atoms with Gasteiger partial charge in [0.15, 0.2) is 0 Å². The van der Waals surface area contributed by atoms with Crippen molar-refractivity contribution in [2.45, 2.75) is 20.8 Å². The van der Waals surface area contributed by atoms with Crippen LogP contribution < -0.4 is 5.19 Å². The van der Waals surface area contributed by atoms with Gasteiger partial charge in [0.2, 0.25) is 0 Å². The van der Waals surface area contributed by atoms with Gasteiger partial charge in [-0.3, -0.25) is 0 Å². The average Bonchev–Trinajstić information content (AvgIpc) is 2.94. The molecule has 1 unspecified atom stereocenters. The first-order valence-corrected chi connectivity index (χ1v) is 9.43. The van der Waals surface area contributed by atoms with Crippen molar-refractivity contribution in [3.05, 3.63) is 83.6 Å². The molecule has 2 aromatic carbocycles. The van der Waals surface area contributed by atoms with Gasteiger partial charge in [-0.25, -0.2) is 0 Å². The molecule has 21 heavy (non-hydrogen) atoms. The molecule has 0 nitrogen and oxygen atoms in total. The van der Waals surface area contributed by atoms with Crippen LogP contribution in [-0.2, 0) is 0 Å². The van der Waals surface area contributed by atoms with Crippen LogP contribution in [0.1, 0.15) is 26.3 Å². The third-order valence-corrected chi connectivity index (χ3v) is 7.05. The van der Waals surface area contributed by atoms with Gasteiger partial charge in [-0.2, -0.15) is 0 Å². The number of hydrogen-bond donors (Lipinski definition) is 0. The lowest BCUT2D eigenvalue weighted by molar-refractivity contribution is 0.520. The summed E-state index contributed by atoms with van der Waals surface area (Å²) in [6, 6.07) is 21.9. The van der Waals surface area contributed by atoms with Crippen molar-refractivity contribution in [3.63, 3.8) is 0 Å². The molecule has 1 aliphatic heterocycles. The van der Waals surface area contributed by atoms with Crippen molar-refractivity contribution in [2.75, 3.05) is 0 Å². The molecule has 1 heteroatoms. The summed E-state index contributed by atoms with van der Waals surface area (Å²) in [5.41, 5.74) is 5.58. The molecule has 3 rings (SSSR count). The Hall–Kier alpha value is -1.86. The lowest BCUT2D eigenvalue weighted by atomic mass is 9.85. The van der Waals surface area contributed by atoms with Crippen molar-refractivity contribution >= 4 is 19.2 Å². The van der Waals surface area contributed by atoms with Crippen LogP contribution in [0.4, 0.5) is 0 Å². The number of benzene rings is 2. The molecule has 0 radical (unpaired) electrons. The highest BCUT2D eigenvalue weighted by molar-refractivity contribution is 6.95. The first-order valence-electron chi connectivity index (χ1n) is 7.60. The lowest BCUT2D eigenvalue weighted by Crippen LogP contribution is -2.29. The van der Waals surface area contributed by atoms with E-state index in [1.807, 2.05) is 0 Å². The van der Waals surface area contributed by atoms with Gasteiger partial charge in [-0.1, -0.05) is 98.4 Å². The Morgan fingerprint density at radius 1 is 0.762 bits per heavy atom. The zero-order chi connectivity index (χ0) is 14.9. The van der Waals surface area contributed by atoms with Crippen molar-refractivity contribution in [2.24, 2.45) is 5.41 Å². The molecule has 0 bridgehead atoms. The second-order valence-electron chi connectivity index (χ2n) is 6.69. The van der Waals surface area contributed by atoms with Crippen LogP contribution in [0.3, 0.4) is 0 Å². The highest BCUT2D eigenvalue weighted by atomic mass is 28.3. The average molecular weight is 290 g/mol. The molecule has 0 saturated heterocycles. The summed E-state index contributed by atoms with van der Waals surface area (Å²) in [6.45, 7) is 6.95. The highest BCUT2D eigenvalue weighted by Crippen LogP contribution is 2.38. The number of hydrogen-bond acceptors (Lipinski definition) is 0. The minimum absolute atomic E-state index is 0.193. The van der Waals surface area contributed by atoms with E-state index in [-0.39, 0.29) is 5.41 Å². The van der Waals surface area contributed by atoms with Crippen LogP contribution in [0.25, 0.3) is 5.20 Å². The van der Waals surface area contributed by atoms with E-state index in [0.29, 0.717) is 0 Å². The molecule has 0 saturated carbocycles. The smallest absolute Gasteiger partial charge is 0.0885 e. The molecule has 1 heterocycles. The molecule has 106 valence electrons. The SMILES string of the molecule is CC(C)(C)C1=C(c2ccccc2)[SiH](c2ccccc2)C=C1. The van der Waals surface area contributed by atoms with Gasteiger partial charge in [-0.05, 0) is 21.7 Å². The van der Waals surface area contributed by atoms with Crippen molar-refractivity contribution in [1.29, 1.82) is 0 Å². The van der Waals surface area contributed by atoms with Gasteiger partial charge in [0.1, 0.15) is 8.80 Å². The van der Waals surface area contributed by atoms with E-state index in [1.165, 1.54) is 16.3 Å². The van der Waals surface area contributed by atoms with Crippen LogP contribution in [-0.4, -0.2) is 8.80 Å². The van der Waals surface area contributed by atoms with Crippen LogP contribution in [0.15, 0.2) is 78.0 Å². The Labute approximate surface area is 129 Å². The van der Waals surface area contributed by atoms with Gasteiger partial charge < -0.3 is 0 Å². The molecule has 0 amide bonds. The van der Waals surface area contributed by atoms with Crippen LogP contribution in [0, 0.1) is 5.41 Å². The molecule has 1 aliphatic rings. The fraction of sp³-hybridized carbons (Fsp3) is 0.200. The third-order valence-electron chi connectivity index (χ3n) is 4.11. The molecule has 2 aromatic rings. The molecule has 0 fully saturated rings. The van der Waals surface area contributed by atoms with Gasteiger partial charge in [-0.15, -0.1) is 0 Å². The topological polar surface area (TPSA) is 0 Å². The van der Waals surface area contributed by atoms with Gasteiger partial charge in [0, 0.05) is 0 Å². The molecule has 0 N–H and O–H groups in total. The summed E-state index contributed by atoms with van der Waals surface area (Å²) in [5.74, 6) is 0.